The van der Waals surface area contributed by atoms with Crippen molar-refractivity contribution in [1.82, 2.24) is 4.57 Å². The first-order valence-corrected chi connectivity index (χ1v) is 26.1. The molecular weight excluding hydrogens is 870 g/mol. The number of thiophene rings is 1. The Balaban J connectivity index is 1.15. The van der Waals surface area contributed by atoms with E-state index >= 15 is 0 Å². The Morgan fingerprint density at radius 3 is 2.09 bits per heavy atom. The monoisotopic (exact) mass is 929 g/mol. The zero-order chi connectivity index (χ0) is 48.3. The Labute approximate surface area is 416 Å². The van der Waals surface area contributed by atoms with Crippen LogP contribution in [0.1, 0.15) is 92.3 Å². The first-order chi connectivity index (χ1) is 33.5. The number of allylic oxidation sites excluding steroid dienone is 3. The van der Waals surface area contributed by atoms with Crippen molar-refractivity contribution in [2.24, 2.45) is 11.3 Å². The lowest BCUT2D eigenvalue weighted by Gasteiger charge is -2.42. The zero-order valence-electron chi connectivity index (χ0n) is 42.4. The summed E-state index contributed by atoms with van der Waals surface area (Å²) in [5, 5.41) is 6.26. The van der Waals surface area contributed by atoms with Crippen molar-refractivity contribution in [3.05, 3.63) is 174 Å². The van der Waals surface area contributed by atoms with Crippen molar-refractivity contribution in [2.75, 3.05) is 9.80 Å². The third-order valence-electron chi connectivity index (χ3n) is 15.9. The van der Waals surface area contributed by atoms with Gasteiger partial charge < -0.3 is 18.8 Å². The molecule has 0 saturated heterocycles. The van der Waals surface area contributed by atoms with Gasteiger partial charge in [0.15, 0.2) is 0 Å². The Hall–Kier alpha value is -6.76. The van der Waals surface area contributed by atoms with Crippen LogP contribution in [-0.2, 0) is 10.8 Å². The fourth-order valence-corrected chi connectivity index (χ4v) is 13.4. The molecule has 1 aliphatic carbocycles. The fraction of sp³-hybridized carbons (Fsp3) is 0.250. The van der Waals surface area contributed by atoms with E-state index in [9.17, 15) is 0 Å². The smallest absolute Gasteiger partial charge is 0.252 e. The van der Waals surface area contributed by atoms with Crippen LogP contribution in [-0.4, -0.2) is 11.3 Å². The summed E-state index contributed by atoms with van der Waals surface area (Å²) in [5.41, 5.74) is 20.8. The number of furan rings is 1. The van der Waals surface area contributed by atoms with Crippen molar-refractivity contribution < 1.29 is 4.42 Å². The number of para-hydroxylation sites is 2. The second-order valence-corrected chi connectivity index (χ2v) is 24.6. The van der Waals surface area contributed by atoms with Gasteiger partial charge in [-0.05, 0) is 136 Å². The number of hydrogen-bond donors (Lipinski definition) is 0. The summed E-state index contributed by atoms with van der Waals surface area (Å²) in [6, 6.07) is 50.8. The Kier molecular flexibility index (Phi) is 9.20. The molecule has 1 unspecified atom stereocenters. The minimum Gasteiger partial charge on any atom is -0.456 e. The van der Waals surface area contributed by atoms with Crippen LogP contribution >= 0.6 is 11.3 Å². The van der Waals surface area contributed by atoms with E-state index in [2.05, 4.69) is 236 Å². The standard InChI is InChI=1S/C64H60BN3OS/c1-37-32-39(62(3,4)5)26-30-48(37)66(49-31-27-40(33-38(49)2)63(6,7)8)42-28-29-46-51(36-42)67(50-22-17-24-55-58(50)43-18-12-14-23-54(43)69-55)52-34-41(64(9,10)11)35-53-59(52)65(46)47-21-16-20-45-57-44-19-13-15-25-56(44)70-61(57)68(53)60(45)47/h12-26,28-36,40H,27H2,1-11H3. The lowest BCUT2D eigenvalue weighted by molar-refractivity contribution is 0.291. The van der Waals surface area contributed by atoms with Crippen molar-refractivity contribution in [1.29, 1.82) is 0 Å². The molecule has 7 aromatic carbocycles. The van der Waals surface area contributed by atoms with Crippen LogP contribution in [0.5, 0.6) is 0 Å². The highest BCUT2D eigenvalue weighted by atomic mass is 32.1. The summed E-state index contributed by atoms with van der Waals surface area (Å²) in [7, 11) is 0. The van der Waals surface area contributed by atoms with Gasteiger partial charge in [0.1, 0.15) is 16.0 Å². The molecule has 2 aliphatic heterocycles. The first kappa shape index (κ1) is 43.3. The summed E-state index contributed by atoms with van der Waals surface area (Å²) in [4.78, 5) is 6.50. The second kappa shape index (κ2) is 14.9. The van der Waals surface area contributed by atoms with Crippen LogP contribution in [0.25, 0.3) is 58.8 Å². The van der Waals surface area contributed by atoms with E-state index in [0.717, 1.165) is 39.7 Å². The zero-order valence-corrected chi connectivity index (χ0v) is 43.2. The van der Waals surface area contributed by atoms with E-state index in [-0.39, 0.29) is 23.0 Å². The lowest BCUT2D eigenvalue weighted by atomic mass is 9.33. The predicted octanol–water partition coefficient (Wildman–Crippen LogP) is 16.4. The van der Waals surface area contributed by atoms with Crippen molar-refractivity contribution in [3.63, 3.8) is 0 Å². The molecule has 4 nitrogen and oxygen atoms in total. The minimum absolute atomic E-state index is 0.00425. The molecule has 0 N–H and O–H groups in total. The van der Waals surface area contributed by atoms with Gasteiger partial charge in [0.05, 0.1) is 16.6 Å². The van der Waals surface area contributed by atoms with Gasteiger partial charge in [-0.15, -0.1) is 11.3 Å². The van der Waals surface area contributed by atoms with Gasteiger partial charge in [-0.2, -0.15) is 0 Å². The van der Waals surface area contributed by atoms with Crippen LogP contribution in [0, 0.1) is 18.3 Å². The molecule has 10 aromatic rings. The molecule has 3 aliphatic rings. The molecule has 13 rings (SSSR count). The average Bonchev–Trinajstić information content (AvgIpc) is 4.00. The van der Waals surface area contributed by atoms with E-state index < -0.39 is 0 Å². The highest BCUT2D eigenvalue weighted by molar-refractivity contribution is 7.26. The molecule has 3 aromatic heterocycles. The SMILES string of the molecule is CC1=CC(C(C)(C)C)CC=C1N(c1ccc2c(c1)N(c1cccc3oc4ccccc4c13)c1cc(C(C)(C)C)cc3c1B2c1cccc2c4c5ccccc5sc4n-3c12)c1ccc(C(C)(C)C)cc1C. The van der Waals surface area contributed by atoms with E-state index in [1.807, 2.05) is 11.3 Å². The summed E-state index contributed by atoms with van der Waals surface area (Å²) in [5.74, 6) is 0.454. The highest BCUT2D eigenvalue weighted by Crippen LogP contribution is 2.51. The number of benzene rings is 7. The Morgan fingerprint density at radius 1 is 0.614 bits per heavy atom. The number of anilines is 5. The quantitative estimate of drug-likeness (QED) is 0.164. The van der Waals surface area contributed by atoms with E-state index in [1.54, 1.807) is 0 Å². The normalized spacial score (nSPS) is 15.8. The Morgan fingerprint density at radius 2 is 1.33 bits per heavy atom. The maximum Gasteiger partial charge on any atom is 0.252 e. The maximum absolute atomic E-state index is 6.71. The summed E-state index contributed by atoms with van der Waals surface area (Å²) < 4.78 is 10.7. The molecule has 70 heavy (non-hydrogen) atoms. The van der Waals surface area contributed by atoms with Gasteiger partial charge in [-0.1, -0.05) is 153 Å². The summed E-state index contributed by atoms with van der Waals surface area (Å²) in [6.45, 7) is 25.8. The average molecular weight is 930 g/mol. The fourth-order valence-electron chi connectivity index (χ4n) is 12.2. The summed E-state index contributed by atoms with van der Waals surface area (Å²) in [6.07, 6.45) is 6.04. The van der Waals surface area contributed by atoms with E-state index in [4.69, 9.17) is 4.42 Å². The van der Waals surface area contributed by atoms with Crippen LogP contribution in [0.4, 0.5) is 28.4 Å². The van der Waals surface area contributed by atoms with Crippen LogP contribution in [0.15, 0.2) is 161 Å². The first-order valence-electron chi connectivity index (χ1n) is 25.2. The molecule has 0 fully saturated rings. The van der Waals surface area contributed by atoms with Crippen LogP contribution in [0.3, 0.4) is 0 Å². The van der Waals surface area contributed by atoms with Gasteiger partial charge in [-0.3, -0.25) is 0 Å². The highest BCUT2D eigenvalue weighted by Gasteiger charge is 2.44. The number of fused-ring (bicyclic) bond motifs is 12. The molecule has 1 atom stereocenters. The molecule has 0 saturated carbocycles. The maximum atomic E-state index is 6.71. The molecule has 6 heteroatoms. The van der Waals surface area contributed by atoms with Gasteiger partial charge in [0, 0.05) is 60.4 Å². The number of rotatable bonds is 4. The molecule has 0 bridgehead atoms. The van der Waals surface area contributed by atoms with Gasteiger partial charge >= 0.3 is 0 Å². The molecular formula is C64H60BN3OS. The van der Waals surface area contributed by atoms with Crippen molar-refractivity contribution in [3.8, 4) is 5.69 Å². The third kappa shape index (κ3) is 6.27. The molecule has 0 radical (unpaired) electrons. The largest absolute Gasteiger partial charge is 0.456 e. The molecule has 0 spiro atoms. The summed E-state index contributed by atoms with van der Waals surface area (Å²) >= 11 is 1.92. The topological polar surface area (TPSA) is 24.6 Å². The van der Waals surface area contributed by atoms with Gasteiger partial charge in [0.2, 0.25) is 0 Å². The molecule has 346 valence electrons. The number of aryl methyl sites for hydroxylation is 1. The van der Waals surface area contributed by atoms with Gasteiger partial charge in [-0.25, -0.2) is 0 Å². The van der Waals surface area contributed by atoms with E-state index in [0.29, 0.717) is 5.92 Å². The minimum atomic E-state index is -0.137. The van der Waals surface area contributed by atoms with Crippen molar-refractivity contribution in [2.45, 2.75) is 93.4 Å². The molecule has 0 amide bonds. The van der Waals surface area contributed by atoms with Crippen LogP contribution in [0.2, 0.25) is 0 Å². The molecule has 5 heterocycles. The van der Waals surface area contributed by atoms with Crippen LogP contribution < -0.4 is 26.2 Å². The number of hydrogen-bond acceptors (Lipinski definition) is 4. The van der Waals surface area contributed by atoms with Gasteiger partial charge in [0.25, 0.3) is 6.71 Å². The number of aromatic nitrogens is 1. The third-order valence-corrected chi connectivity index (χ3v) is 17.1. The Bertz CT molecular complexity index is 3930. The van der Waals surface area contributed by atoms with Crippen molar-refractivity contribution >= 4 is 116 Å². The predicted molar refractivity (Wildman–Crippen MR) is 303 cm³/mol. The lowest BCUT2D eigenvalue weighted by Crippen LogP contribution is -2.60. The second-order valence-electron chi connectivity index (χ2n) is 23.5. The number of nitrogens with zero attached hydrogens (tertiary/aromatic N) is 3. The van der Waals surface area contributed by atoms with E-state index in [1.165, 1.54) is 98.3 Å².